The van der Waals surface area contributed by atoms with Crippen molar-refractivity contribution < 1.29 is 14.3 Å². The van der Waals surface area contributed by atoms with Crippen LogP contribution in [0.4, 0.5) is 0 Å². The van der Waals surface area contributed by atoms with Gasteiger partial charge in [0, 0.05) is 22.6 Å². The van der Waals surface area contributed by atoms with Gasteiger partial charge in [0.15, 0.2) is 0 Å². The predicted molar refractivity (Wildman–Crippen MR) is 151 cm³/mol. The maximum absolute atomic E-state index is 8.12. The normalized spacial score (nSPS) is 10.9. The molecule has 0 aliphatic carbocycles. The van der Waals surface area contributed by atoms with Crippen LogP contribution in [0, 0.1) is 13.8 Å². The monoisotopic (exact) mass is 575 g/mol. The van der Waals surface area contributed by atoms with Crippen LogP contribution in [0.1, 0.15) is 39.0 Å². The molecule has 4 aromatic rings. The first-order valence-electron chi connectivity index (χ1n) is 11.5. The van der Waals surface area contributed by atoms with Gasteiger partial charge in [0.05, 0.1) is 31.7 Å². The molecule has 0 fully saturated rings. The summed E-state index contributed by atoms with van der Waals surface area (Å²) in [5.74, 6) is 0.865. The van der Waals surface area contributed by atoms with Gasteiger partial charge in [-0.05, 0) is 63.1 Å². The molecule has 10 heteroatoms. The predicted octanol–water partition coefficient (Wildman–Crippen LogP) is 8.29. The maximum Gasteiger partial charge on any atom is 0.373 e. The van der Waals surface area contributed by atoms with Crippen molar-refractivity contribution in [3.63, 3.8) is 0 Å². The molecule has 2 aromatic heterocycles. The Hall–Kier alpha value is -2.61. The molecule has 0 saturated heterocycles. The Labute approximate surface area is 235 Å². The van der Waals surface area contributed by atoms with Gasteiger partial charge in [0.1, 0.15) is 5.75 Å². The first-order chi connectivity index (χ1) is 17.5. The number of ether oxygens (including phenoxy) is 1. The van der Waals surface area contributed by atoms with E-state index >= 15 is 0 Å². The molecule has 2 heterocycles. The van der Waals surface area contributed by atoms with Crippen molar-refractivity contribution in [3.8, 4) is 33.3 Å². The van der Waals surface area contributed by atoms with Crippen LogP contribution in [0.3, 0.4) is 0 Å². The number of benzene rings is 2. The number of halogens is 2. The molecule has 0 radical (unpaired) electrons. The summed E-state index contributed by atoms with van der Waals surface area (Å²) in [6.07, 6.45) is 2.41. The van der Waals surface area contributed by atoms with E-state index in [9.17, 15) is 0 Å². The third-order valence-electron chi connectivity index (χ3n) is 4.95. The minimum atomic E-state index is 0.116. The summed E-state index contributed by atoms with van der Waals surface area (Å²) in [5.41, 5.74) is 6.06. The fourth-order valence-corrected chi connectivity index (χ4v) is 6.34. The molecule has 0 bridgehead atoms. The molecule has 0 aliphatic rings. The van der Waals surface area contributed by atoms with Crippen LogP contribution in [0.2, 0.25) is 10.0 Å². The van der Waals surface area contributed by atoms with Crippen molar-refractivity contribution in [1.29, 1.82) is 0 Å². The number of carbonyl (C=O) groups excluding carboxylic acids is 2. The van der Waals surface area contributed by atoms with E-state index < -0.39 is 0 Å². The molecule has 0 N–H and O–H groups in total. The SMILES string of the molecule is Cc1cc(OC(C)C)cc(-c2cn(-c3nc(-c4ccc(Cl)c(Cl)c4)c(SC(C)C)s3)nc2C)c1.O=C=O. The Morgan fingerprint density at radius 3 is 2.32 bits per heavy atom. The number of thioether (sulfide) groups is 1. The van der Waals surface area contributed by atoms with Crippen LogP contribution in [-0.2, 0) is 9.59 Å². The number of thiazole rings is 1. The van der Waals surface area contributed by atoms with E-state index in [1.165, 1.54) is 0 Å². The molecule has 37 heavy (non-hydrogen) atoms. The fourth-order valence-electron chi connectivity index (χ4n) is 3.60. The molecule has 6 nitrogen and oxygen atoms in total. The topological polar surface area (TPSA) is 74.1 Å². The lowest BCUT2D eigenvalue weighted by molar-refractivity contribution is -0.191. The molecule has 2 aromatic carbocycles. The van der Waals surface area contributed by atoms with E-state index in [0.717, 1.165) is 48.7 Å². The summed E-state index contributed by atoms with van der Waals surface area (Å²) >= 11 is 15.9. The molecule has 4 rings (SSSR count). The summed E-state index contributed by atoms with van der Waals surface area (Å²) in [4.78, 5) is 21.2. The molecule has 0 atom stereocenters. The number of aromatic nitrogens is 3. The summed E-state index contributed by atoms with van der Waals surface area (Å²) < 4.78 is 8.94. The van der Waals surface area contributed by atoms with Crippen molar-refractivity contribution >= 4 is 52.5 Å². The molecule has 194 valence electrons. The lowest BCUT2D eigenvalue weighted by Gasteiger charge is -2.12. The second-order valence-corrected chi connectivity index (χ2v) is 12.4. The maximum atomic E-state index is 8.12. The summed E-state index contributed by atoms with van der Waals surface area (Å²) in [7, 11) is 0. The lowest BCUT2D eigenvalue weighted by atomic mass is 10.0. The van der Waals surface area contributed by atoms with Gasteiger partial charge in [-0.3, -0.25) is 0 Å². The number of rotatable bonds is 7. The molecule has 0 amide bonds. The van der Waals surface area contributed by atoms with E-state index in [1.54, 1.807) is 23.1 Å². The summed E-state index contributed by atoms with van der Waals surface area (Å²) in [5, 5.41) is 7.08. The Morgan fingerprint density at radius 1 is 1.00 bits per heavy atom. The van der Waals surface area contributed by atoms with Gasteiger partial charge >= 0.3 is 6.15 Å². The van der Waals surface area contributed by atoms with E-state index in [0.29, 0.717) is 15.3 Å². The third kappa shape index (κ3) is 7.46. The molecule has 0 unspecified atom stereocenters. The van der Waals surface area contributed by atoms with Crippen LogP contribution in [-0.4, -0.2) is 32.3 Å². The van der Waals surface area contributed by atoms with Gasteiger partial charge in [-0.2, -0.15) is 14.7 Å². The third-order valence-corrected chi connectivity index (χ3v) is 7.95. The van der Waals surface area contributed by atoms with Crippen LogP contribution < -0.4 is 4.74 Å². The molecule has 0 spiro atoms. The zero-order chi connectivity index (χ0) is 27.3. The summed E-state index contributed by atoms with van der Waals surface area (Å²) in [6, 6.07) is 11.9. The van der Waals surface area contributed by atoms with Crippen LogP contribution >= 0.6 is 46.3 Å². The molecular weight excluding hydrogens is 549 g/mol. The smallest absolute Gasteiger partial charge is 0.373 e. The Kier molecular flexibility index (Phi) is 9.99. The quantitative estimate of drug-likeness (QED) is 0.206. The van der Waals surface area contributed by atoms with Crippen molar-refractivity contribution in [2.24, 2.45) is 0 Å². The van der Waals surface area contributed by atoms with Crippen molar-refractivity contribution in [3.05, 3.63) is 63.9 Å². The highest BCUT2D eigenvalue weighted by Gasteiger charge is 2.19. The van der Waals surface area contributed by atoms with E-state index in [4.69, 9.17) is 47.6 Å². The highest BCUT2D eigenvalue weighted by molar-refractivity contribution is 8.01. The Morgan fingerprint density at radius 2 is 1.70 bits per heavy atom. The standard InChI is InChI=1S/C26H27Cl2N3OS2.CO2/c1-14(2)32-20-10-16(5)9-19(11-20)21-13-31(30-17(21)6)26-29-24(25(34-26)33-15(3)4)18-7-8-22(27)23(28)12-18;2-1-3/h7-15H,1-6H3;. The van der Waals surface area contributed by atoms with Crippen molar-refractivity contribution in [1.82, 2.24) is 14.8 Å². The van der Waals surface area contributed by atoms with E-state index in [2.05, 4.69) is 39.0 Å². The fraction of sp³-hybridized carbons (Fsp3) is 0.296. The lowest BCUT2D eigenvalue weighted by Crippen LogP contribution is -2.05. The van der Waals surface area contributed by atoms with E-state index in [1.807, 2.05) is 49.8 Å². The highest BCUT2D eigenvalue weighted by atomic mass is 35.5. The second-order valence-electron chi connectivity index (χ2n) is 8.79. The number of nitrogens with zero attached hydrogens (tertiary/aromatic N) is 3. The van der Waals surface area contributed by atoms with E-state index in [-0.39, 0.29) is 12.3 Å². The zero-order valence-corrected chi connectivity index (χ0v) is 24.5. The number of aryl methyl sites for hydroxylation is 2. The van der Waals surface area contributed by atoms with Gasteiger partial charge < -0.3 is 4.74 Å². The zero-order valence-electron chi connectivity index (χ0n) is 21.3. The van der Waals surface area contributed by atoms with Gasteiger partial charge in [-0.15, -0.1) is 11.8 Å². The average molecular weight is 577 g/mol. The van der Waals surface area contributed by atoms with Crippen molar-refractivity contribution in [2.75, 3.05) is 0 Å². The first-order valence-corrected chi connectivity index (χ1v) is 13.9. The highest BCUT2D eigenvalue weighted by Crippen LogP contribution is 2.41. The van der Waals surface area contributed by atoms with Gasteiger partial charge in [0.2, 0.25) is 5.13 Å². The molecular formula is C27H27Cl2N3O3S2. The Bertz CT molecular complexity index is 1420. The number of hydrogen-bond acceptors (Lipinski definition) is 7. The first kappa shape index (κ1) is 29.0. The minimum Gasteiger partial charge on any atom is -0.491 e. The molecule has 0 aliphatic heterocycles. The molecule has 0 saturated carbocycles. The van der Waals surface area contributed by atoms with Crippen LogP contribution in [0.25, 0.3) is 27.5 Å². The van der Waals surface area contributed by atoms with Crippen LogP contribution in [0.15, 0.2) is 46.8 Å². The summed E-state index contributed by atoms with van der Waals surface area (Å²) in [6.45, 7) is 12.5. The average Bonchev–Trinajstić information content (AvgIpc) is 3.38. The Balaban J connectivity index is 0.00000121. The minimum absolute atomic E-state index is 0.116. The van der Waals surface area contributed by atoms with Crippen molar-refractivity contribution in [2.45, 2.75) is 57.1 Å². The van der Waals surface area contributed by atoms with Gasteiger partial charge in [0.25, 0.3) is 0 Å². The van der Waals surface area contributed by atoms with Gasteiger partial charge in [-0.1, -0.05) is 60.5 Å². The second kappa shape index (κ2) is 12.8. The van der Waals surface area contributed by atoms with Crippen LogP contribution in [0.5, 0.6) is 5.75 Å². The van der Waals surface area contributed by atoms with Gasteiger partial charge in [-0.25, -0.2) is 9.67 Å². The largest absolute Gasteiger partial charge is 0.491 e. The number of hydrogen-bond donors (Lipinski definition) is 0.